The molecule has 3 unspecified atom stereocenters. The standard InChI is InChI=1S/C28H36N4O7/c1-7-16(2)23(33)14-21(31-27(36)39-28(3,4)5)26(35)32-15-19(13-22(32)24(29)34)38-25-20-9-8-18(37-6)12-17(20)10-11-30-25/h7-12,19,21-22H,13-15H2,1-6H3,(H2,29,34)(H,31,36). The van der Waals surface area contributed by atoms with Crippen LogP contribution in [0.4, 0.5) is 4.79 Å². The number of allylic oxidation sites excluding steroid dienone is 2. The van der Waals surface area contributed by atoms with Gasteiger partial charge in [0.25, 0.3) is 0 Å². The molecule has 210 valence electrons. The van der Waals surface area contributed by atoms with Gasteiger partial charge in [0.1, 0.15) is 29.5 Å². The fourth-order valence-electron chi connectivity index (χ4n) is 4.26. The summed E-state index contributed by atoms with van der Waals surface area (Å²) in [6, 6.07) is 4.99. The molecule has 1 aliphatic heterocycles. The van der Waals surface area contributed by atoms with Crippen LogP contribution in [-0.2, 0) is 19.1 Å². The zero-order chi connectivity index (χ0) is 28.9. The number of carbonyl (C=O) groups excluding carboxylic acids is 4. The van der Waals surface area contributed by atoms with Crippen LogP contribution in [0.25, 0.3) is 10.8 Å². The van der Waals surface area contributed by atoms with Gasteiger partial charge in [0.15, 0.2) is 5.78 Å². The van der Waals surface area contributed by atoms with Gasteiger partial charge < -0.3 is 30.2 Å². The van der Waals surface area contributed by atoms with Crippen LogP contribution in [0, 0.1) is 0 Å². The summed E-state index contributed by atoms with van der Waals surface area (Å²) in [6.07, 6.45) is 1.56. The number of fused-ring (bicyclic) bond motifs is 1. The van der Waals surface area contributed by atoms with Gasteiger partial charge in [-0.15, -0.1) is 0 Å². The summed E-state index contributed by atoms with van der Waals surface area (Å²) in [7, 11) is 1.58. The molecule has 39 heavy (non-hydrogen) atoms. The normalized spacial score (nSPS) is 18.4. The van der Waals surface area contributed by atoms with Crippen molar-refractivity contribution in [3.05, 3.63) is 42.1 Å². The van der Waals surface area contributed by atoms with Crippen LogP contribution in [0.5, 0.6) is 11.6 Å². The molecule has 0 spiro atoms. The van der Waals surface area contributed by atoms with Gasteiger partial charge in [0.05, 0.1) is 13.7 Å². The minimum Gasteiger partial charge on any atom is -0.497 e. The number of methoxy groups -OCH3 is 1. The van der Waals surface area contributed by atoms with Gasteiger partial charge in [-0.05, 0) is 69.8 Å². The van der Waals surface area contributed by atoms with Crippen LogP contribution >= 0.6 is 0 Å². The number of rotatable bonds is 9. The molecule has 1 aromatic heterocycles. The van der Waals surface area contributed by atoms with E-state index in [2.05, 4.69) is 10.3 Å². The smallest absolute Gasteiger partial charge is 0.408 e. The minimum absolute atomic E-state index is 0.00392. The predicted octanol–water partition coefficient (Wildman–Crippen LogP) is 2.90. The monoisotopic (exact) mass is 540 g/mol. The lowest BCUT2D eigenvalue weighted by Gasteiger charge is -2.28. The number of alkyl carbamates (subject to hydrolysis) is 1. The van der Waals surface area contributed by atoms with Crippen molar-refractivity contribution in [2.24, 2.45) is 5.73 Å². The third-order valence-corrected chi connectivity index (χ3v) is 6.34. The number of hydrogen-bond acceptors (Lipinski definition) is 8. The molecule has 0 aliphatic carbocycles. The fourth-order valence-corrected chi connectivity index (χ4v) is 4.26. The Morgan fingerprint density at radius 2 is 1.95 bits per heavy atom. The van der Waals surface area contributed by atoms with Crippen molar-refractivity contribution in [1.29, 1.82) is 0 Å². The molecule has 0 bridgehead atoms. The molecule has 1 aliphatic rings. The number of primary amides is 1. The maximum absolute atomic E-state index is 13.7. The summed E-state index contributed by atoms with van der Waals surface area (Å²) in [5.74, 6) is -0.678. The second-order valence-electron chi connectivity index (χ2n) is 10.4. The number of hydrogen-bond donors (Lipinski definition) is 2. The molecule has 0 radical (unpaired) electrons. The zero-order valence-electron chi connectivity index (χ0n) is 23.1. The van der Waals surface area contributed by atoms with Crippen molar-refractivity contribution in [1.82, 2.24) is 15.2 Å². The van der Waals surface area contributed by atoms with E-state index < -0.39 is 41.7 Å². The number of amides is 3. The third kappa shape index (κ3) is 7.46. The maximum atomic E-state index is 13.7. The van der Waals surface area contributed by atoms with E-state index in [1.165, 1.54) is 4.90 Å². The van der Waals surface area contributed by atoms with Crippen LogP contribution < -0.4 is 20.5 Å². The quantitative estimate of drug-likeness (QED) is 0.461. The van der Waals surface area contributed by atoms with E-state index in [1.54, 1.807) is 60.1 Å². The highest BCUT2D eigenvalue weighted by molar-refractivity contribution is 6.00. The lowest BCUT2D eigenvalue weighted by molar-refractivity contribution is -0.140. The molecule has 1 aromatic carbocycles. The molecule has 1 saturated heterocycles. The van der Waals surface area contributed by atoms with Gasteiger partial charge in [-0.25, -0.2) is 9.78 Å². The summed E-state index contributed by atoms with van der Waals surface area (Å²) in [4.78, 5) is 56.9. The van der Waals surface area contributed by atoms with Gasteiger partial charge in [-0.2, -0.15) is 0 Å². The number of nitrogens with one attached hydrogen (secondary N) is 1. The molecule has 1 fully saturated rings. The Kier molecular flexibility index (Phi) is 9.15. The second-order valence-corrected chi connectivity index (χ2v) is 10.4. The number of Topliss-reactive ketones (excluding diaryl/α,β-unsaturated/α-hetero) is 1. The van der Waals surface area contributed by atoms with Crippen molar-refractivity contribution in [2.75, 3.05) is 13.7 Å². The number of aromatic nitrogens is 1. The number of pyridine rings is 1. The molecular formula is C28H36N4O7. The van der Waals surface area contributed by atoms with Crippen LogP contribution in [0.15, 0.2) is 42.1 Å². The van der Waals surface area contributed by atoms with Crippen molar-refractivity contribution in [2.45, 2.75) is 71.2 Å². The molecule has 11 nitrogen and oxygen atoms in total. The summed E-state index contributed by atoms with van der Waals surface area (Å²) < 4.78 is 16.7. The lowest BCUT2D eigenvalue weighted by Crippen LogP contribution is -2.54. The second kappa shape index (κ2) is 12.1. The summed E-state index contributed by atoms with van der Waals surface area (Å²) >= 11 is 0. The van der Waals surface area contributed by atoms with Gasteiger partial charge in [0.2, 0.25) is 17.7 Å². The molecule has 2 aromatic rings. The Morgan fingerprint density at radius 1 is 1.23 bits per heavy atom. The third-order valence-electron chi connectivity index (χ3n) is 6.34. The Morgan fingerprint density at radius 3 is 2.56 bits per heavy atom. The first kappa shape index (κ1) is 29.4. The van der Waals surface area contributed by atoms with Crippen LogP contribution in [-0.4, -0.2) is 71.0 Å². The lowest BCUT2D eigenvalue weighted by atomic mass is 10.0. The average Bonchev–Trinajstić information content (AvgIpc) is 3.30. The van der Waals surface area contributed by atoms with E-state index in [4.69, 9.17) is 19.9 Å². The Balaban J connectivity index is 1.85. The average molecular weight is 541 g/mol. The Labute approximate surface area is 227 Å². The number of benzene rings is 1. The number of likely N-dealkylation sites (tertiary alicyclic amines) is 1. The molecule has 3 rings (SSSR count). The molecule has 3 N–H and O–H groups in total. The molecule has 0 saturated carbocycles. The fraction of sp³-hybridized carbons (Fsp3) is 0.464. The van der Waals surface area contributed by atoms with Crippen LogP contribution in [0.1, 0.15) is 47.5 Å². The first-order chi connectivity index (χ1) is 18.3. The number of nitrogens with two attached hydrogens (primary N) is 1. The molecule has 3 atom stereocenters. The van der Waals surface area contributed by atoms with Crippen molar-refractivity contribution in [3.63, 3.8) is 0 Å². The van der Waals surface area contributed by atoms with Gasteiger partial charge >= 0.3 is 6.09 Å². The number of carbonyl (C=O) groups is 4. The highest BCUT2D eigenvalue weighted by atomic mass is 16.6. The van der Waals surface area contributed by atoms with E-state index in [0.29, 0.717) is 17.2 Å². The Hall–Kier alpha value is -4.15. The van der Waals surface area contributed by atoms with Crippen LogP contribution in [0.2, 0.25) is 0 Å². The van der Waals surface area contributed by atoms with E-state index in [0.717, 1.165) is 10.8 Å². The number of ether oxygens (including phenoxy) is 3. The SMILES string of the molecule is CC=C(C)C(=O)CC(NC(=O)OC(C)(C)C)C(=O)N1CC(Oc2nccc3cc(OC)ccc23)CC1C(N)=O. The highest BCUT2D eigenvalue weighted by Gasteiger charge is 2.43. The molecule has 3 amide bonds. The zero-order valence-corrected chi connectivity index (χ0v) is 23.1. The van der Waals surface area contributed by atoms with Crippen LogP contribution in [0.3, 0.4) is 0 Å². The summed E-state index contributed by atoms with van der Waals surface area (Å²) in [5, 5.41) is 4.08. The number of ketones is 1. The molecule has 11 heteroatoms. The first-order valence-electron chi connectivity index (χ1n) is 12.7. The van der Waals surface area contributed by atoms with Gasteiger partial charge in [-0.3, -0.25) is 14.4 Å². The van der Waals surface area contributed by atoms with Crippen molar-refractivity contribution >= 4 is 34.5 Å². The van der Waals surface area contributed by atoms with Crippen molar-refractivity contribution < 1.29 is 33.4 Å². The van der Waals surface area contributed by atoms with E-state index in [1.807, 2.05) is 18.2 Å². The largest absolute Gasteiger partial charge is 0.497 e. The first-order valence-corrected chi connectivity index (χ1v) is 12.7. The van der Waals surface area contributed by atoms with Crippen molar-refractivity contribution in [3.8, 4) is 11.6 Å². The highest BCUT2D eigenvalue weighted by Crippen LogP contribution is 2.30. The van der Waals surface area contributed by atoms with E-state index in [9.17, 15) is 19.2 Å². The predicted molar refractivity (Wildman–Crippen MR) is 144 cm³/mol. The Bertz CT molecular complexity index is 1280. The molecule has 2 heterocycles. The molecular weight excluding hydrogens is 504 g/mol. The maximum Gasteiger partial charge on any atom is 0.408 e. The van der Waals surface area contributed by atoms with Gasteiger partial charge in [0, 0.05) is 24.4 Å². The van der Waals surface area contributed by atoms with E-state index >= 15 is 0 Å². The number of nitrogens with zero attached hydrogens (tertiary/aromatic N) is 2. The van der Waals surface area contributed by atoms with Gasteiger partial charge in [-0.1, -0.05) is 6.08 Å². The topological polar surface area (TPSA) is 150 Å². The minimum atomic E-state index is -1.27. The van der Waals surface area contributed by atoms with E-state index in [-0.39, 0.29) is 25.2 Å². The summed E-state index contributed by atoms with van der Waals surface area (Å²) in [5.41, 5.74) is 5.27. The summed E-state index contributed by atoms with van der Waals surface area (Å²) in [6.45, 7) is 8.37.